The molecule has 1 unspecified atom stereocenters. The molecule has 2 rings (SSSR count). The predicted octanol–water partition coefficient (Wildman–Crippen LogP) is 1.85. The topological polar surface area (TPSA) is 60.5 Å². The Morgan fingerprint density at radius 1 is 1.61 bits per heavy atom. The highest BCUT2D eigenvalue weighted by molar-refractivity contribution is 5.89. The van der Waals surface area contributed by atoms with Gasteiger partial charge in [-0.1, -0.05) is 0 Å². The van der Waals surface area contributed by atoms with Crippen LogP contribution in [-0.2, 0) is 9.47 Å². The summed E-state index contributed by atoms with van der Waals surface area (Å²) in [6.45, 7) is 5.69. The first-order valence-corrected chi connectivity index (χ1v) is 6.12. The van der Waals surface area contributed by atoms with Crippen LogP contribution in [0.3, 0.4) is 0 Å². The van der Waals surface area contributed by atoms with Gasteiger partial charge in [-0.3, -0.25) is 0 Å². The summed E-state index contributed by atoms with van der Waals surface area (Å²) in [5, 5.41) is 3.33. The molecular formula is C13H18N2O3. The molecule has 1 N–H and O–H groups in total. The lowest BCUT2D eigenvalue weighted by Crippen LogP contribution is -2.35. The highest BCUT2D eigenvalue weighted by atomic mass is 16.5. The number of esters is 1. The van der Waals surface area contributed by atoms with Crippen LogP contribution in [0.15, 0.2) is 18.3 Å². The van der Waals surface area contributed by atoms with E-state index in [1.165, 1.54) is 6.20 Å². The van der Waals surface area contributed by atoms with Crippen molar-refractivity contribution >= 4 is 11.8 Å². The molecule has 18 heavy (non-hydrogen) atoms. The summed E-state index contributed by atoms with van der Waals surface area (Å²) in [6.07, 6.45) is 2.48. The average Bonchev–Trinajstić information content (AvgIpc) is 2.77. The van der Waals surface area contributed by atoms with Crippen LogP contribution < -0.4 is 5.32 Å². The first kappa shape index (κ1) is 12.8. The molecule has 1 atom stereocenters. The summed E-state index contributed by atoms with van der Waals surface area (Å²) in [6, 6.07) is 3.50. The second-order valence-electron chi connectivity index (χ2n) is 4.64. The molecule has 0 radical (unpaired) electrons. The van der Waals surface area contributed by atoms with Gasteiger partial charge in [-0.2, -0.15) is 0 Å². The lowest BCUT2D eigenvalue weighted by Gasteiger charge is -2.24. The van der Waals surface area contributed by atoms with Gasteiger partial charge in [-0.05, 0) is 32.4 Å². The third-order valence-electron chi connectivity index (χ3n) is 2.92. The maximum Gasteiger partial charge on any atom is 0.339 e. The Hall–Kier alpha value is -1.62. The Bertz CT molecular complexity index is 411. The van der Waals surface area contributed by atoms with Crippen LogP contribution >= 0.6 is 0 Å². The third kappa shape index (κ3) is 2.98. The largest absolute Gasteiger partial charge is 0.462 e. The minimum absolute atomic E-state index is 0.0710. The van der Waals surface area contributed by atoms with Gasteiger partial charge in [0, 0.05) is 12.8 Å². The van der Waals surface area contributed by atoms with Crippen molar-refractivity contribution in [1.82, 2.24) is 4.98 Å². The van der Waals surface area contributed by atoms with E-state index in [1.54, 1.807) is 19.1 Å². The average molecular weight is 250 g/mol. The van der Waals surface area contributed by atoms with Crippen molar-refractivity contribution in [3.05, 3.63) is 23.9 Å². The van der Waals surface area contributed by atoms with Gasteiger partial charge in [-0.25, -0.2) is 9.78 Å². The molecule has 0 aliphatic carbocycles. The summed E-state index contributed by atoms with van der Waals surface area (Å²) in [5.41, 5.74) is 0.397. The van der Waals surface area contributed by atoms with Gasteiger partial charge in [0.1, 0.15) is 5.82 Å². The molecule has 5 nitrogen and oxygen atoms in total. The number of hydrogen-bond acceptors (Lipinski definition) is 5. The number of nitrogens with one attached hydrogen (secondary N) is 1. The van der Waals surface area contributed by atoms with Gasteiger partial charge >= 0.3 is 5.97 Å². The Morgan fingerprint density at radius 3 is 3.00 bits per heavy atom. The molecule has 0 amide bonds. The van der Waals surface area contributed by atoms with E-state index in [-0.39, 0.29) is 11.5 Å². The maximum absolute atomic E-state index is 11.5. The maximum atomic E-state index is 11.5. The summed E-state index contributed by atoms with van der Waals surface area (Å²) in [7, 11) is 0. The van der Waals surface area contributed by atoms with Crippen LogP contribution in [0.4, 0.5) is 5.82 Å². The monoisotopic (exact) mass is 250 g/mol. The van der Waals surface area contributed by atoms with Gasteiger partial charge in [0.25, 0.3) is 0 Å². The van der Waals surface area contributed by atoms with Crippen molar-refractivity contribution in [3.8, 4) is 0 Å². The zero-order valence-electron chi connectivity index (χ0n) is 10.7. The second kappa shape index (κ2) is 5.35. The molecule has 1 fully saturated rings. The van der Waals surface area contributed by atoms with Crippen LogP contribution in [0.1, 0.15) is 30.6 Å². The molecule has 5 heteroatoms. The van der Waals surface area contributed by atoms with Crippen LogP contribution in [-0.4, -0.2) is 36.3 Å². The van der Waals surface area contributed by atoms with E-state index >= 15 is 0 Å². The summed E-state index contributed by atoms with van der Waals surface area (Å²) in [4.78, 5) is 15.7. The number of aromatic nitrogens is 1. The number of ether oxygens (including phenoxy) is 2. The quantitative estimate of drug-likeness (QED) is 0.826. The van der Waals surface area contributed by atoms with E-state index in [9.17, 15) is 4.79 Å². The SMILES string of the molecule is CCOC(=O)c1ccc(NC2(C)CCOC2)nc1. The molecule has 0 bridgehead atoms. The minimum Gasteiger partial charge on any atom is -0.462 e. The van der Waals surface area contributed by atoms with Crippen LogP contribution in [0, 0.1) is 0 Å². The molecule has 98 valence electrons. The summed E-state index contributed by atoms with van der Waals surface area (Å²) in [5.74, 6) is 0.406. The number of carbonyl (C=O) groups is 1. The van der Waals surface area contributed by atoms with Gasteiger partial charge < -0.3 is 14.8 Å². The van der Waals surface area contributed by atoms with E-state index in [1.807, 2.05) is 0 Å². The summed E-state index contributed by atoms with van der Waals surface area (Å²) < 4.78 is 10.3. The molecule has 2 heterocycles. The molecule has 1 saturated heterocycles. The van der Waals surface area contributed by atoms with Crippen LogP contribution in [0.25, 0.3) is 0 Å². The lowest BCUT2D eigenvalue weighted by atomic mass is 10.0. The van der Waals surface area contributed by atoms with Gasteiger partial charge in [0.05, 0.1) is 24.3 Å². The van der Waals surface area contributed by atoms with E-state index in [2.05, 4.69) is 17.2 Å². The number of pyridine rings is 1. The Balaban J connectivity index is 2.01. The Morgan fingerprint density at radius 2 is 2.44 bits per heavy atom. The predicted molar refractivity (Wildman–Crippen MR) is 67.7 cm³/mol. The number of nitrogens with zero attached hydrogens (tertiary/aromatic N) is 1. The van der Waals surface area contributed by atoms with Crippen molar-refractivity contribution in [2.75, 3.05) is 25.1 Å². The molecule has 1 aromatic heterocycles. The highest BCUT2D eigenvalue weighted by Crippen LogP contribution is 2.22. The van der Waals surface area contributed by atoms with Crippen molar-refractivity contribution in [3.63, 3.8) is 0 Å². The number of anilines is 1. The fourth-order valence-corrected chi connectivity index (χ4v) is 1.88. The van der Waals surface area contributed by atoms with Crippen molar-refractivity contribution in [2.45, 2.75) is 25.8 Å². The molecular weight excluding hydrogens is 232 g/mol. The number of hydrogen-bond donors (Lipinski definition) is 1. The van der Waals surface area contributed by atoms with E-state index in [4.69, 9.17) is 9.47 Å². The molecule has 1 aromatic rings. The van der Waals surface area contributed by atoms with E-state index < -0.39 is 0 Å². The van der Waals surface area contributed by atoms with Crippen molar-refractivity contribution < 1.29 is 14.3 Å². The molecule has 0 aromatic carbocycles. The highest BCUT2D eigenvalue weighted by Gasteiger charge is 2.29. The Labute approximate surface area is 107 Å². The molecule has 0 saturated carbocycles. The van der Waals surface area contributed by atoms with Gasteiger partial charge in [-0.15, -0.1) is 0 Å². The standard InChI is InChI=1S/C13H18N2O3/c1-3-18-12(16)10-4-5-11(14-8-10)15-13(2)6-7-17-9-13/h4-5,8H,3,6-7,9H2,1-2H3,(H,14,15). The fourth-order valence-electron chi connectivity index (χ4n) is 1.88. The number of carbonyl (C=O) groups excluding carboxylic acids is 1. The molecule has 1 aliphatic heterocycles. The van der Waals surface area contributed by atoms with Gasteiger partial charge in [0.15, 0.2) is 0 Å². The third-order valence-corrected chi connectivity index (χ3v) is 2.92. The number of rotatable bonds is 4. The minimum atomic E-state index is -0.341. The van der Waals surface area contributed by atoms with Gasteiger partial charge in [0.2, 0.25) is 0 Å². The van der Waals surface area contributed by atoms with E-state index in [0.717, 1.165) is 18.8 Å². The Kier molecular flexibility index (Phi) is 3.81. The van der Waals surface area contributed by atoms with E-state index in [0.29, 0.717) is 18.8 Å². The zero-order valence-corrected chi connectivity index (χ0v) is 10.7. The van der Waals surface area contributed by atoms with Crippen LogP contribution in [0.5, 0.6) is 0 Å². The molecule has 0 spiro atoms. The molecule has 1 aliphatic rings. The first-order valence-electron chi connectivity index (χ1n) is 6.12. The zero-order chi connectivity index (χ0) is 13.0. The normalized spacial score (nSPS) is 22.8. The summed E-state index contributed by atoms with van der Waals surface area (Å²) >= 11 is 0. The first-order chi connectivity index (χ1) is 8.63. The van der Waals surface area contributed by atoms with Crippen molar-refractivity contribution in [2.24, 2.45) is 0 Å². The lowest BCUT2D eigenvalue weighted by molar-refractivity contribution is 0.0526. The second-order valence-corrected chi connectivity index (χ2v) is 4.64. The van der Waals surface area contributed by atoms with Crippen molar-refractivity contribution in [1.29, 1.82) is 0 Å². The van der Waals surface area contributed by atoms with Crippen LogP contribution in [0.2, 0.25) is 0 Å². The smallest absolute Gasteiger partial charge is 0.339 e. The fraction of sp³-hybridized carbons (Fsp3) is 0.538.